The Kier molecular flexibility index (Phi) is 8.82. The number of nitrogens with zero attached hydrogens (tertiary/aromatic N) is 1. The molecule has 0 radical (unpaired) electrons. The summed E-state index contributed by atoms with van der Waals surface area (Å²) in [5, 5.41) is 0.732. The van der Waals surface area contributed by atoms with E-state index < -0.39 is 0 Å². The van der Waals surface area contributed by atoms with Crippen LogP contribution in [-0.2, 0) is 4.79 Å². The molecule has 0 bridgehead atoms. The number of rotatable bonds is 6. The second kappa shape index (κ2) is 12.0. The number of anilines is 1. The topological polar surface area (TPSA) is 74.0 Å². The smallest absolute Gasteiger partial charge is 0.210 e. The Bertz CT molecular complexity index is 1110. The quantitative estimate of drug-likeness (QED) is 0.366. The Morgan fingerprint density at radius 1 is 0.882 bits per heavy atom. The standard InChI is InChI=1S/C20H22N2O3.C7H7ClO/c1-24-16-5-3-14(4-6-16)20-11-15(9-10-22(20)13-23)18-12-17(25-2)7-8-19(18)21;1-9-7-4-2-6(8)3-5-7/h3-8,11-13,20H,9-10,21H2,1-2H3;2-5H,1H3. The van der Waals surface area contributed by atoms with Crippen molar-refractivity contribution in [2.24, 2.45) is 0 Å². The van der Waals surface area contributed by atoms with Crippen LogP contribution in [0.15, 0.2) is 72.8 Å². The van der Waals surface area contributed by atoms with Crippen LogP contribution in [0.25, 0.3) is 5.57 Å². The molecule has 2 N–H and O–H groups in total. The number of nitrogens with two attached hydrogens (primary N) is 1. The Hall–Kier alpha value is -3.64. The maximum absolute atomic E-state index is 11.5. The van der Waals surface area contributed by atoms with Crippen LogP contribution in [0, 0.1) is 0 Å². The number of amides is 1. The lowest BCUT2D eigenvalue weighted by molar-refractivity contribution is -0.119. The summed E-state index contributed by atoms with van der Waals surface area (Å²) in [5.41, 5.74) is 9.99. The van der Waals surface area contributed by atoms with E-state index in [2.05, 4.69) is 6.08 Å². The van der Waals surface area contributed by atoms with E-state index >= 15 is 0 Å². The molecule has 0 saturated heterocycles. The van der Waals surface area contributed by atoms with Gasteiger partial charge in [-0.1, -0.05) is 29.8 Å². The number of carbonyl (C=O) groups is 1. The molecule has 3 aromatic rings. The van der Waals surface area contributed by atoms with Gasteiger partial charge < -0.3 is 24.8 Å². The van der Waals surface area contributed by atoms with Crippen molar-refractivity contribution in [2.75, 3.05) is 33.6 Å². The third kappa shape index (κ3) is 6.23. The minimum atomic E-state index is -0.127. The van der Waals surface area contributed by atoms with E-state index in [-0.39, 0.29) is 6.04 Å². The van der Waals surface area contributed by atoms with Crippen LogP contribution < -0.4 is 19.9 Å². The number of carbonyl (C=O) groups excluding carboxylic acids is 1. The summed E-state index contributed by atoms with van der Waals surface area (Å²) >= 11 is 5.61. The Morgan fingerprint density at radius 3 is 2.00 bits per heavy atom. The van der Waals surface area contributed by atoms with Crippen molar-refractivity contribution in [3.8, 4) is 17.2 Å². The number of ether oxygens (including phenoxy) is 3. The van der Waals surface area contributed by atoms with Gasteiger partial charge in [0, 0.05) is 22.8 Å². The van der Waals surface area contributed by atoms with Crippen LogP contribution >= 0.6 is 11.6 Å². The molecule has 34 heavy (non-hydrogen) atoms. The molecule has 0 fully saturated rings. The van der Waals surface area contributed by atoms with Gasteiger partial charge >= 0.3 is 0 Å². The minimum Gasteiger partial charge on any atom is -0.497 e. The monoisotopic (exact) mass is 480 g/mol. The molecule has 178 valence electrons. The van der Waals surface area contributed by atoms with Gasteiger partial charge in [0.25, 0.3) is 0 Å². The fraction of sp³-hybridized carbons (Fsp3) is 0.222. The van der Waals surface area contributed by atoms with Crippen LogP contribution in [0.1, 0.15) is 23.6 Å². The summed E-state index contributed by atoms with van der Waals surface area (Å²) < 4.78 is 15.4. The number of nitrogen functional groups attached to an aromatic ring is 1. The molecular formula is C27H29ClN2O4. The molecule has 1 aliphatic rings. The average molecular weight is 481 g/mol. The summed E-state index contributed by atoms with van der Waals surface area (Å²) in [5.74, 6) is 2.39. The highest BCUT2D eigenvalue weighted by molar-refractivity contribution is 6.30. The van der Waals surface area contributed by atoms with Crippen molar-refractivity contribution in [2.45, 2.75) is 12.5 Å². The number of benzene rings is 3. The molecule has 0 saturated carbocycles. The molecule has 1 atom stereocenters. The van der Waals surface area contributed by atoms with Crippen molar-refractivity contribution in [3.63, 3.8) is 0 Å². The van der Waals surface area contributed by atoms with E-state index in [1.54, 1.807) is 38.4 Å². The van der Waals surface area contributed by atoms with Crippen LogP contribution in [-0.4, -0.2) is 39.2 Å². The number of methoxy groups -OCH3 is 3. The highest BCUT2D eigenvalue weighted by Gasteiger charge is 2.24. The second-order valence-corrected chi connectivity index (χ2v) is 8.05. The average Bonchev–Trinajstić information content (AvgIpc) is 2.89. The Labute approximate surface area is 205 Å². The van der Waals surface area contributed by atoms with Gasteiger partial charge in [-0.25, -0.2) is 0 Å². The van der Waals surface area contributed by atoms with E-state index in [4.69, 9.17) is 31.5 Å². The van der Waals surface area contributed by atoms with Crippen molar-refractivity contribution in [3.05, 3.63) is 89.0 Å². The zero-order valence-electron chi connectivity index (χ0n) is 19.5. The zero-order chi connectivity index (χ0) is 24.5. The maximum atomic E-state index is 11.5. The van der Waals surface area contributed by atoms with Gasteiger partial charge in [-0.2, -0.15) is 0 Å². The summed E-state index contributed by atoms with van der Waals surface area (Å²) in [6.07, 6.45) is 3.75. The van der Waals surface area contributed by atoms with Crippen molar-refractivity contribution < 1.29 is 19.0 Å². The first-order valence-electron chi connectivity index (χ1n) is 10.8. The van der Waals surface area contributed by atoms with E-state index in [0.717, 1.165) is 51.8 Å². The molecular weight excluding hydrogens is 452 g/mol. The highest BCUT2D eigenvalue weighted by atomic mass is 35.5. The van der Waals surface area contributed by atoms with E-state index in [1.807, 2.05) is 54.6 Å². The van der Waals surface area contributed by atoms with Crippen LogP contribution in [0.4, 0.5) is 5.69 Å². The van der Waals surface area contributed by atoms with Gasteiger partial charge in [0.1, 0.15) is 17.2 Å². The predicted molar refractivity (Wildman–Crippen MR) is 137 cm³/mol. The molecule has 4 rings (SSSR count). The Morgan fingerprint density at radius 2 is 1.44 bits per heavy atom. The second-order valence-electron chi connectivity index (χ2n) is 7.61. The molecule has 7 heteroatoms. The number of hydrogen-bond donors (Lipinski definition) is 1. The van der Waals surface area contributed by atoms with Crippen LogP contribution in [0.3, 0.4) is 0 Å². The molecule has 6 nitrogen and oxygen atoms in total. The third-order valence-electron chi connectivity index (χ3n) is 5.60. The first kappa shape index (κ1) is 25.0. The minimum absolute atomic E-state index is 0.127. The summed E-state index contributed by atoms with van der Waals surface area (Å²) in [6, 6.07) is 20.5. The molecule has 1 aliphatic heterocycles. The molecule has 3 aromatic carbocycles. The molecule has 0 aliphatic carbocycles. The number of halogens is 1. The maximum Gasteiger partial charge on any atom is 0.210 e. The van der Waals surface area contributed by atoms with E-state index in [1.165, 1.54) is 0 Å². The zero-order valence-corrected chi connectivity index (χ0v) is 20.3. The third-order valence-corrected chi connectivity index (χ3v) is 5.86. The van der Waals surface area contributed by atoms with Crippen molar-refractivity contribution in [1.29, 1.82) is 0 Å². The first-order chi connectivity index (χ1) is 16.5. The van der Waals surface area contributed by atoms with Gasteiger partial charge in [-0.05, 0) is 72.2 Å². The van der Waals surface area contributed by atoms with Gasteiger partial charge in [0.05, 0.1) is 27.4 Å². The van der Waals surface area contributed by atoms with Gasteiger partial charge in [-0.3, -0.25) is 4.79 Å². The predicted octanol–water partition coefficient (Wildman–Crippen LogP) is 5.62. The van der Waals surface area contributed by atoms with Crippen LogP contribution in [0.2, 0.25) is 5.02 Å². The molecule has 1 unspecified atom stereocenters. The lowest BCUT2D eigenvalue weighted by atomic mass is 9.91. The molecule has 1 amide bonds. The van der Waals surface area contributed by atoms with E-state index in [9.17, 15) is 4.79 Å². The fourth-order valence-electron chi connectivity index (χ4n) is 3.70. The normalized spacial score (nSPS) is 14.9. The van der Waals surface area contributed by atoms with Gasteiger partial charge in [0.15, 0.2) is 0 Å². The summed E-state index contributed by atoms with van der Waals surface area (Å²) in [7, 11) is 4.90. The highest BCUT2D eigenvalue weighted by Crippen LogP contribution is 2.36. The molecule has 1 heterocycles. The van der Waals surface area contributed by atoms with Gasteiger partial charge in [0.2, 0.25) is 6.41 Å². The largest absolute Gasteiger partial charge is 0.497 e. The number of hydrogen-bond acceptors (Lipinski definition) is 5. The summed E-state index contributed by atoms with van der Waals surface area (Å²) in [6.45, 7) is 0.642. The Balaban J connectivity index is 0.000000302. The SMILES string of the molecule is COc1ccc(C2C=C(c3cc(OC)ccc3N)CCN2C=O)cc1.COc1ccc(Cl)cc1. The van der Waals surface area contributed by atoms with Gasteiger partial charge in [-0.15, -0.1) is 0 Å². The molecule has 0 aromatic heterocycles. The van der Waals surface area contributed by atoms with Crippen LogP contribution in [0.5, 0.6) is 17.2 Å². The molecule has 0 spiro atoms. The lowest BCUT2D eigenvalue weighted by Crippen LogP contribution is -2.30. The first-order valence-corrected chi connectivity index (χ1v) is 11.2. The lowest BCUT2D eigenvalue weighted by Gasteiger charge is -2.32. The van der Waals surface area contributed by atoms with Crippen molar-refractivity contribution in [1.82, 2.24) is 4.90 Å². The van der Waals surface area contributed by atoms with E-state index in [0.29, 0.717) is 12.2 Å². The summed E-state index contributed by atoms with van der Waals surface area (Å²) in [4.78, 5) is 13.3. The fourth-order valence-corrected chi connectivity index (χ4v) is 3.83. The van der Waals surface area contributed by atoms with Crippen molar-refractivity contribution >= 4 is 29.3 Å².